The third kappa shape index (κ3) is 3.75. The molecule has 1 saturated carbocycles. The van der Waals surface area contributed by atoms with Gasteiger partial charge in [-0.15, -0.1) is 0 Å². The van der Waals surface area contributed by atoms with E-state index in [0.717, 1.165) is 18.8 Å². The number of carbonyl (C=O) groups excluding carboxylic acids is 1. The van der Waals surface area contributed by atoms with E-state index in [-0.39, 0.29) is 12.5 Å². The second kappa shape index (κ2) is 5.61. The van der Waals surface area contributed by atoms with Crippen LogP contribution in [0.1, 0.15) is 26.2 Å². The van der Waals surface area contributed by atoms with Crippen LogP contribution in [0.2, 0.25) is 0 Å². The van der Waals surface area contributed by atoms with Crippen molar-refractivity contribution in [2.45, 2.75) is 32.2 Å². The SMILES string of the molecule is CC1CCC(NCC(=O)NCC#N)C1. The largest absolute Gasteiger partial charge is 0.342 e. The van der Waals surface area contributed by atoms with Gasteiger partial charge in [0.1, 0.15) is 6.54 Å². The molecule has 2 atom stereocenters. The highest BCUT2D eigenvalue weighted by Crippen LogP contribution is 2.24. The van der Waals surface area contributed by atoms with Crippen LogP contribution in [0.25, 0.3) is 0 Å². The van der Waals surface area contributed by atoms with Gasteiger partial charge in [-0.1, -0.05) is 6.92 Å². The highest BCUT2D eigenvalue weighted by Gasteiger charge is 2.20. The van der Waals surface area contributed by atoms with Crippen molar-refractivity contribution >= 4 is 5.91 Å². The lowest BCUT2D eigenvalue weighted by molar-refractivity contribution is -0.120. The fourth-order valence-electron chi connectivity index (χ4n) is 1.83. The maximum absolute atomic E-state index is 11.1. The molecule has 14 heavy (non-hydrogen) atoms. The van der Waals surface area contributed by atoms with Crippen molar-refractivity contribution in [1.29, 1.82) is 5.26 Å². The number of nitriles is 1. The highest BCUT2D eigenvalue weighted by molar-refractivity contribution is 5.78. The van der Waals surface area contributed by atoms with Gasteiger partial charge in [-0.25, -0.2) is 0 Å². The Balaban J connectivity index is 2.08. The molecule has 4 nitrogen and oxygen atoms in total. The first kappa shape index (κ1) is 11.0. The van der Waals surface area contributed by atoms with E-state index in [1.807, 2.05) is 6.07 Å². The smallest absolute Gasteiger partial charge is 0.234 e. The van der Waals surface area contributed by atoms with E-state index in [4.69, 9.17) is 5.26 Å². The number of nitrogens with one attached hydrogen (secondary N) is 2. The molecule has 2 N–H and O–H groups in total. The van der Waals surface area contributed by atoms with Crippen LogP contribution in [0, 0.1) is 17.2 Å². The number of nitrogens with zero attached hydrogens (tertiary/aromatic N) is 1. The molecular formula is C10H17N3O. The number of hydrogen-bond donors (Lipinski definition) is 2. The van der Waals surface area contributed by atoms with Crippen LogP contribution in [0.4, 0.5) is 0 Å². The van der Waals surface area contributed by atoms with Crippen LogP contribution in [0.3, 0.4) is 0 Å². The Hall–Kier alpha value is -1.08. The van der Waals surface area contributed by atoms with Gasteiger partial charge in [0.2, 0.25) is 5.91 Å². The molecule has 0 radical (unpaired) electrons. The summed E-state index contributed by atoms with van der Waals surface area (Å²) in [4.78, 5) is 11.1. The summed E-state index contributed by atoms with van der Waals surface area (Å²) >= 11 is 0. The molecule has 0 aliphatic heterocycles. The summed E-state index contributed by atoms with van der Waals surface area (Å²) < 4.78 is 0. The fraction of sp³-hybridized carbons (Fsp3) is 0.800. The standard InChI is InChI=1S/C10H17N3O/c1-8-2-3-9(6-8)13-7-10(14)12-5-4-11/h8-9,13H,2-3,5-7H2,1H3,(H,12,14). The Bertz CT molecular complexity index is 234. The molecule has 0 heterocycles. The van der Waals surface area contributed by atoms with Crippen molar-refractivity contribution in [2.75, 3.05) is 13.1 Å². The van der Waals surface area contributed by atoms with Crippen molar-refractivity contribution in [3.05, 3.63) is 0 Å². The summed E-state index contributed by atoms with van der Waals surface area (Å²) in [7, 11) is 0. The zero-order chi connectivity index (χ0) is 10.4. The Labute approximate surface area is 84.7 Å². The van der Waals surface area contributed by atoms with Gasteiger partial charge in [-0.05, 0) is 25.2 Å². The van der Waals surface area contributed by atoms with Crippen molar-refractivity contribution in [3.63, 3.8) is 0 Å². The van der Waals surface area contributed by atoms with Crippen LogP contribution in [-0.2, 0) is 4.79 Å². The van der Waals surface area contributed by atoms with Crippen LogP contribution in [0.5, 0.6) is 0 Å². The Kier molecular flexibility index (Phi) is 4.41. The molecule has 78 valence electrons. The molecule has 1 rings (SSSR count). The highest BCUT2D eigenvalue weighted by atomic mass is 16.1. The first-order chi connectivity index (χ1) is 6.72. The van der Waals surface area contributed by atoms with E-state index in [2.05, 4.69) is 17.6 Å². The molecule has 0 aromatic carbocycles. The molecule has 0 aromatic rings. The minimum absolute atomic E-state index is 0.0916. The average molecular weight is 195 g/mol. The van der Waals surface area contributed by atoms with E-state index >= 15 is 0 Å². The van der Waals surface area contributed by atoms with Gasteiger partial charge in [0, 0.05) is 6.04 Å². The van der Waals surface area contributed by atoms with Gasteiger partial charge in [-0.2, -0.15) is 5.26 Å². The maximum Gasteiger partial charge on any atom is 0.234 e. The topological polar surface area (TPSA) is 64.9 Å². The number of hydrogen-bond acceptors (Lipinski definition) is 3. The summed E-state index contributed by atoms with van der Waals surface area (Å²) in [5, 5.41) is 13.9. The monoisotopic (exact) mass is 195 g/mol. The first-order valence-corrected chi connectivity index (χ1v) is 5.09. The van der Waals surface area contributed by atoms with Crippen molar-refractivity contribution in [3.8, 4) is 6.07 Å². The van der Waals surface area contributed by atoms with Gasteiger partial charge in [0.05, 0.1) is 12.6 Å². The molecular weight excluding hydrogens is 178 g/mol. The lowest BCUT2D eigenvalue weighted by Gasteiger charge is -2.11. The molecule has 4 heteroatoms. The Morgan fingerprint density at radius 2 is 2.36 bits per heavy atom. The van der Waals surface area contributed by atoms with Gasteiger partial charge in [0.15, 0.2) is 0 Å². The summed E-state index contributed by atoms with van der Waals surface area (Å²) in [6, 6.07) is 2.36. The Morgan fingerprint density at radius 1 is 1.57 bits per heavy atom. The molecule has 0 aromatic heterocycles. The van der Waals surface area contributed by atoms with E-state index < -0.39 is 0 Å². The zero-order valence-corrected chi connectivity index (χ0v) is 8.55. The lowest BCUT2D eigenvalue weighted by atomic mass is 10.1. The van der Waals surface area contributed by atoms with Crippen molar-refractivity contribution in [2.24, 2.45) is 5.92 Å². The van der Waals surface area contributed by atoms with Gasteiger partial charge in [-0.3, -0.25) is 4.79 Å². The zero-order valence-electron chi connectivity index (χ0n) is 8.55. The van der Waals surface area contributed by atoms with Crippen LogP contribution < -0.4 is 10.6 Å². The van der Waals surface area contributed by atoms with Crippen LogP contribution >= 0.6 is 0 Å². The summed E-state index contributed by atoms with van der Waals surface area (Å²) in [5.74, 6) is 0.681. The second-order valence-electron chi connectivity index (χ2n) is 3.93. The molecule has 1 aliphatic rings. The van der Waals surface area contributed by atoms with Crippen molar-refractivity contribution in [1.82, 2.24) is 10.6 Å². The molecule has 0 bridgehead atoms. The average Bonchev–Trinajstić information content (AvgIpc) is 2.58. The third-order valence-corrected chi connectivity index (χ3v) is 2.61. The normalized spacial score (nSPS) is 25.7. The van der Waals surface area contributed by atoms with Crippen LogP contribution in [-0.4, -0.2) is 25.0 Å². The first-order valence-electron chi connectivity index (χ1n) is 5.09. The third-order valence-electron chi connectivity index (χ3n) is 2.61. The quantitative estimate of drug-likeness (QED) is 0.638. The number of carbonyl (C=O) groups is 1. The predicted molar refractivity (Wildman–Crippen MR) is 53.4 cm³/mol. The van der Waals surface area contributed by atoms with Gasteiger partial charge < -0.3 is 10.6 Å². The summed E-state index contributed by atoms with van der Waals surface area (Å²) in [6.45, 7) is 2.66. The summed E-state index contributed by atoms with van der Waals surface area (Å²) in [6.07, 6.45) is 3.57. The lowest BCUT2D eigenvalue weighted by Crippen LogP contribution is -2.38. The Morgan fingerprint density at radius 3 is 2.93 bits per heavy atom. The van der Waals surface area contributed by atoms with E-state index in [1.54, 1.807) is 0 Å². The van der Waals surface area contributed by atoms with Crippen LogP contribution in [0.15, 0.2) is 0 Å². The fourth-order valence-corrected chi connectivity index (χ4v) is 1.83. The molecule has 1 aliphatic carbocycles. The van der Waals surface area contributed by atoms with E-state index in [9.17, 15) is 4.79 Å². The number of rotatable bonds is 4. The number of amides is 1. The van der Waals surface area contributed by atoms with Gasteiger partial charge in [0.25, 0.3) is 0 Å². The maximum atomic E-state index is 11.1. The minimum Gasteiger partial charge on any atom is -0.342 e. The van der Waals surface area contributed by atoms with Crippen molar-refractivity contribution < 1.29 is 4.79 Å². The molecule has 1 amide bonds. The predicted octanol–water partition coefficient (Wildman–Crippen LogP) is 0.404. The molecule has 2 unspecified atom stereocenters. The molecule has 1 fully saturated rings. The second-order valence-corrected chi connectivity index (χ2v) is 3.93. The molecule has 0 saturated heterocycles. The minimum atomic E-state index is -0.0916. The molecule has 0 spiro atoms. The van der Waals surface area contributed by atoms with Gasteiger partial charge >= 0.3 is 0 Å². The van der Waals surface area contributed by atoms with E-state index in [1.165, 1.54) is 6.42 Å². The van der Waals surface area contributed by atoms with E-state index in [0.29, 0.717) is 12.6 Å². The summed E-state index contributed by atoms with van der Waals surface area (Å²) in [5.41, 5.74) is 0.